The summed E-state index contributed by atoms with van der Waals surface area (Å²) < 4.78 is 0. The summed E-state index contributed by atoms with van der Waals surface area (Å²) in [5.41, 5.74) is 2.65. The summed E-state index contributed by atoms with van der Waals surface area (Å²) in [6.07, 6.45) is 1.77. The molecule has 0 radical (unpaired) electrons. The molecule has 0 aliphatic carbocycles. The van der Waals surface area contributed by atoms with E-state index in [1.54, 1.807) is 36.4 Å². The zero-order valence-corrected chi connectivity index (χ0v) is 13.7. The Morgan fingerprint density at radius 1 is 1.12 bits per heavy atom. The quantitative estimate of drug-likeness (QED) is 0.734. The zero-order chi connectivity index (χ0) is 16.8. The molecule has 0 spiro atoms. The number of rotatable bonds is 3. The number of aromatic nitrogens is 2. The predicted octanol–water partition coefficient (Wildman–Crippen LogP) is 3.97. The molecule has 2 aromatic carbocycles. The number of fused-ring (bicyclic) bond motifs is 2. The van der Waals surface area contributed by atoms with Gasteiger partial charge in [0.05, 0.1) is 27.4 Å². The monoisotopic (exact) mass is 339 g/mol. The molecule has 2 amide bonds. The Labute approximate surface area is 143 Å². The highest BCUT2D eigenvalue weighted by molar-refractivity contribution is 6.37. The largest absolute Gasteiger partial charge is 0.342 e. The van der Waals surface area contributed by atoms with Crippen molar-refractivity contribution >= 4 is 40.1 Å². The van der Waals surface area contributed by atoms with E-state index < -0.39 is 0 Å². The molecule has 5 nitrogen and oxygen atoms in total. The van der Waals surface area contributed by atoms with Gasteiger partial charge in [0.15, 0.2) is 0 Å². The Kier molecular flexibility index (Phi) is 3.39. The van der Waals surface area contributed by atoms with Crippen LogP contribution < -0.4 is 4.90 Å². The molecule has 1 aliphatic heterocycles. The standard InChI is InChI=1S/C18H14ClN3O2/c1-2-5-15-20-14-9-10(8-13(19)16(14)21-15)22-17(23)11-6-3-4-7-12(11)18(22)24/h3-4,6-9H,2,5H2,1H3,(H,20,21). The van der Waals surface area contributed by atoms with Crippen molar-refractivity contribution in [2.75, 3.05) is 4.90 Å². The molecule has 0 fully saturated rings. The highest BCUT2D eigenvalue weighted by Gasteiger charge is 2.36. The Hall–Kier alpha value is -2.66. The third kappa shape index (κ3) is 2.12. The van der Waals surface area contributed by atoms with E-state index in [0.29, 0.717) is 27.4 Å². The van der Waals surface area contributed by atoms with E-state index in [0.717, 1.165) is 29.1 Å². The van der Waals surface area contributed by atoms with Crippen LogP contribution in [0.15, 0.2) is 36.4 Å². The second-order valence-electron chi connectivity index (χ2n) is 5.75. The van der Waals surface area contributed by atoms with Crippen LogP contribution in [0.25, 0.3) is 11.0 Å². The minimum Gasteiger partial charge on any atom is -0.342 e. The number of hydrogen-bond donors (Lipinski definition) is 1. The van der Waals surface area contributed by atoms with Crippen molar-refractivity contribution < 1.29 is 9.59 Å². The van der Waals surface area contributed by atoms with E-state index in [1.165, 1.54) is 0 Å². The highest BCUT2D eigenvalue weighted by Crippen LogP contribution is 2.33. The number of imide groups is 1. The van der Waals surface area contributed by atoms with Gasteiger partial charge in [-0.15, -0.1) is 0 Å². The molecule has 3 aromatic rings. The third-order valence-electron chi connectivity index (χ3n) is 4.11. The fourth-order valence-electron chi connectivity index (χ4n) is 3.02. The highest BCUT2D eigenvalue weighted by atomic mass is 35.5. The van der Waals surface area contributed by atoms with Crippen LogP contribution in [0.3, 0.4) is 0 Å². The number of aromatic amines is 1. The van der Waals surface area contributed by atoms with Gasteiger partial charge in [0.2, 0.25) is 0 Å². The summed E-state index contributed by atoms with van der Waals surface area (Å²) in [5, 5.41) is 0.414. The van der Waals surface area contributed by atoms with Crippen LogP contribution in [-0.4, -0.2) is 21.8 Å². The number of anilines is 1. The van der Waals surface area contributed by atoms with Crippen molar-refractivity contribution in [1.82, 2.24) is 9.97 Å². The predicted molar refractivity (Wildman–Crippen MR) is 92.7 cm³/mol. The van der Waals surface area contributed by atoms with Crippen LogP contribution in [0.1, 0.15) is 39.9 Å². The van der Waals surface area contributed by atoms with Crippen LogP contribution in [0.5, 0.6) is 0 Å². The van der Waals surface area contributed by atoms with Crippen LogP contribution in [0, 0.1) is 0 Å². The number of nitrogens with one attached hydrogen (secondary N) is 1. The van der Waals surface area contributed by atoms with E-state index >= 15 is 0 Å². The maximum absolute atomic E-state index is 12.6. The van der Waals surface area contributed by atoms with Gasteiger partial charge in [-0.25, -0.2) is 9.88 Å². The van der Waals surface area contributed by atoms with Gasteiger partial charge in [-0.2, -0.15) is 0 Å². The molecule has 0 atom stereocenters. The van der Waals surface area contributed by atoms with Crippen molar-refractivity contribution in [2.45, 2.75) is 19.8 Å². The molecule has 4 rings (SSSR count). The zero-order valence-electron chi connectivity index (χ0n) is 13.0. The van der Waals surface area contributed by atoms with Gasteiger partial charge in [-0.3, -0.25) is 9.59 Å². The Balaban J connectivity index is 1.83. The molecule has 0 unspecified atom stereocenters. The minimum absolute atomic E-state index is 0.334. The summed E-state index contributed by atoms with van der Waals surface area (Å²) in [7, 11) is 0. The van der Waals surface area contributed by atoms with E-state index in [9.17, 15) is 9.59 Å². The van der Waals surface area contributed by atoms with Gasteiger partial charge in [0.25, 0.3) is 11.8 Å². The van der Waals surface area contributed by atoms with Crippen molar-refractivity contribution in [3.8, 4) is 0 Å². The van der Waals surface area contributed by atoms with Crippen molar-refractivity contribution in [3.05, 3.63) is 58.4 Å². The average molecular weight is 340 g/mol. The number of carbonyl (C=O) groups is 2. The molecule has 0 saturated heterocycles. The van der Waals surface area contributed by atoms with Gasteiger partial charge < -0.3 is 4.98 Å². The van der Waals surface area contributed by atoms with E-state index in [2.05, 4.69) is 16.9 Å². The maximum atomic E-state index is 12.6. The molecular weight excluding hydrogens is 326 g/mol. The number of carbonyl (C=O) groups excluding carboxylic acids is 2. The lowest BCUT2D eigenvalue weighted by molar-refractivity contribution is 0.0926. The van der Waals surface area contributed by atoms with Crippen molar-refractivity contribution in [3.63, 3.8) is 0 Å². The average Bonchev–Trinajstić information content (AvgIpc) is 3.08. The number of benzene rings is 2. The molecular formula is C18H14ClN3O2. The molecule has 0 bridgehead atoms. The van der Waals surface area contributed by atoms with E-state index in [4.69, 9.17) is 11.6 Å². The lowest BCUT2D eigenvalue weighted by Crippen LogP contribution is -2.29. The van der Waals surface area contributed by atoms with Crippen molar-refractivity contribution in [2.24, 2.45) is 0 Å². The SMILES string of the molecule is CCCc1nc2c(Cl)cc(N3C(=O)c4ccccc4C3=O)cc2[nH]1. The number of nitrogens with zero attached hydrogens (tertiary/aromatic N) is 2. The van der Waals surface area contributed by atoms with Gasteiger partial charge >= 0.3 is 0 Å². The number of amides is 2. The first-order chi connectivity index (χ1) is 11.6. The lowest BCUT2D eigenvalue weighted by atomic mass is 10.1. The summed E-state index contributed by atoms with van der Waals surface area (Å²) >= 11 is 6.33. The van der Waals surface area contributed by atoms with Crippen LogP contribution in [-0.2, 0) is 6.42 Å². The molecule has 1 aromatic heterocycles. The number of imidazole rings is 1. The normalized spacial score (nSPS) is 13.8. The molecule has 24 heavy (non-hydrogen) atoms. The Morgan fingerprint density at radius 3 is 2.42 bits per heavy atom. The molecule has 0 saturated carbocycles. The molecule has 120 valence electrons. The van der Waals surface area contributed by atoms with Gasteiger partial charge in [0.1, 0.15) is 11.3 Å². The number of halogens is 1. The topological polar surface area (TPSA) is 66.1 Å². The fourth-order valence-corrected chi connectivity index (χ4v) is 3.28. The first kappa shape index (κ1) is 14.9. The van der Waals surface area contributed by atoms with Gasteiger partial charge in [0, 0.05) is 6.42 Å². The van der Waals surface area contributed by atoms with Crippen LogP contribution >= 0.6 is 11.6 Å². The molecule has 6 heteroatoms. The summed E-state index contributed by atoms with van der Waals surface area (Å²) in [6.45, 7) is 2.07. The van der Waals surface area contributed by atoms with Crippen LogP contribution in [0.4, 0.5) is 5.69 Å². The number of aryl methyl sites for hydroxylation is 1. The van der Waals surface area contributed by atoms with Gasteiger partial charge in [-0.1, -0.05) is 30.7 Å². The molecule has 1 aliphatic rings. The first-order valence-electron chi connectivity index (χ1n) is 7.76. The molecule has 2 heterocycles. The summed E-state index contributed by atoms with van der Waals surface area (Å²) in [5.74, 6) is 0.174. The number of H-pyrrole nitrogens is 1. The summed E-state index contributed by atoms with van der Waals surface area (Å²) in [6, 6.07) is 10.2. The maximum Gasteiger partial charge on any atom is 0.266 e. The van der Waals surface area contributed by atoms with Gasteiger partial charge in [-0.05, 0) is 30.7 Å². The second-order valence-corrected chi connectivity index (χ2v) is 6.16. The fraction of sp³-hybridized carbons (Fsp3) is 0.167. The van der Waals surface area contributed by atoms with E-state index in [-0.39, 0.29) is 11.8 Å². The number of hydrogen-bond acceptors (Lipinski definition) is 3. The second kappa shape index (κ2) is 5.46. The lowest BCUT2D eigenvalue weighted by Gasteiger charge is -2.14. The Bertz CT molecular complexity index is 958. The smallest absolute Gasteiger partial charge is 0.266 e. The Morgan fingerprint density at radius 2 is 1.79 bits per heavy atom. The summed E-state index contributed by atoms with van der Waals surface area (Å²) in [4.78, 5) is 34.0. The van der Waals surface area contributed by atoms with E-state index in [1.807, 2.05) is 0 Å². The van der Waals surface area contributed by atoms with Crippen molar-refractivity contribution in [1.29, 1.82) is 0 Å². The first-order valence-corrected chi connectivity index (χ1v) is 8.14. The molecule has 1 N–H and O–H groups in total. The third-order valence-corrected chi connectivity index (χ3v) is 4.40. The minimum atomic E-state index is -0.334. The van der Waals surface area contributed by atoms with Crippen LogP contribution in [0.2, 0.25) is 5.02 Å².